The smallest absolute Gasteiger partial charge is 0.203 e. The van der Waals surface area contributed by atoms with Gasteiger partial charge in [-0.3, -0.25) is 16.0 Å². The highest BCUT2D eigenvalue weighted by molar-refractivity contribution is 6.01. The zero-order valence-corrected chi connectivity index (χ0v) is 29.8. The lowest BCUT2D eigenvalue weighted by atomic mass is 10.2. The van der Waals surface area contributed by atoms with Crippen molar-refractivity contribution in [2.45, 2.75) is 72.2 Å². The maximum Gasteiger partial charge on any atom is 0.203 e. The normalized spacial score (nSPS) is 20.0. The Kier molecular flexibility index (Phi) is 10.5. The molecule has 0 aliphatic carbocycles. The molecule has 3 atom stereocenters. The predicted octanol–water partition coefficient (Wildman–Crippen LogP) is 1.30. The first-order valence-electron chi connectivity index (χ1n) is 16.8. The summed E-state index contributed by atoms with van der Waals surface area (Å²) in [4.78, 5) is 34.6. The largest absolute Gasteiger partial charge is 0.469 e. The molecule has 18 heteroatoms. The Labute approximate surface area is 296 Å². The maximum atomic E-state index is 6.43. The summed E-state index contributed by atoms with van der Waals surface area (Å²) in [6.45, 7) is 10.1. The van der Waals surface area contributed by atoms with Gasteiger partial charge < -0.3 is 44.7 Å². The molecule has 18 nitrogen and oxygen atoms in total. The Hall–Kier alpha value is -5.94. The third kappa shape index (κ3) is 9.40. The minimum atomic E-state index is -0.558. The van der Waals surface area contributed by atoms with E-state index in [1.807, 2.05) is 64.9 Å². The number of aliphatic imine (C=N–C) groups is 6. The quantitative estimate of drug-likeness (QED) is 0.167. The van der Waals surface area contributed by atoms with Crippen LogP contribution in [0.3, 0.4) is 0 Å². The molecule has 0 bridgehead atoms. The minimum absolute atomic E-state index is 0.253. The van der Waals surface area contributed by atoms with Crippen LogP contribution < -0.4 is 32.7 Å². The number of hydrogen-bond donors (Lipinski definition) is 6. The van der Waals surface area contributed by atoms with Crippen LogP contribution in [-0.2, 0) is 19.6 Å². The fourth-order valence-corrected chi connectivity index (χ4v) is 5.76. The third-order valence-electron chi connectivity index (χ3n) is 8.08. The van der Waals surface area contributed by atoms with Crippen LogP contribution in [0, 0.1) is 20.8 Å². The fourth-order valence-electron chi connectivity index (χ4n) is 5.76. The van der Waals surface area contributed by atoms with Gasteiger partial charge in [-0.1, -0.05) is 0 Å². The Morgan fingerprint density at radius 3 is 1.88 bits per heavy atom. The van der Waals surface area contributed by atoms with E-state index >= 15 is 0 Å². The zero-order valence-electron chi connectivity index (χ0n) is 29.8. The van der Waals surface area contributed by atoms with Gasteiger partial charge >= 0.3 is 0 Å². The molecule has 3 aliphatic rings. The number of hydrogen-bond acceptors (Lipinski definition) is 18. The van der Waals surface area contributed by atoms with Crippen LogP contribution in [0.4, 0.5) is 0 Å². The van der Waals surface area contributed by atoms with Gasteiger partial charge in [0.05, 0.1) is 25.3 Å². The van der Waals surface area contributed by atoms with E-state index in [0.29, 0.717) is 63.0 Å². The first-order chi connectivity index (χ1) is 24.4. The lowest BCUT2D eigenvalue weighted by Crippen LogP contribution is -2.54. The highest BCUT2D eigenvalue weighted by Gasteiger charge is 2.28. The van der Waals surface area contributed by atoms with E-state index < -0.39 is 12.3 Å². The topological polar surface area (TPSA) is 223 Å². The van der Waals surface area contributed by atoms with Crippen molar-refractivity contribution in [1.82, 2.24) is 36.0 Å². The van der Waals surface area contributed by atoms with Crippen molar-refractivity contribution >= 4 is 35.8 Å². The van der Waals surface area contributed by atoms with Gasteiger partial charge in [0.15, 0.2) is 18.1 Å². The van der Waals surface area contributed by atoms with E-state index in [9.17, 15) is 0 Å². The van der Waals surface area contributed by atoms with Crippen molar-refractivity contribution in [2.24, 2.45) is 41.4 Å². The van der Waals surface area contributed by atoms with E-state index in [2.05, 4.69) is 46.0 Å². The van der Waals surface area contributed by atoms with Crippen molar-refractivity contribution in [3.63, 3.8) is 0 Å². The van der Waals surface area contributed by atoms with Crippen molar-refractivity contribution in [1.29, 1.82) is 0 Å². The summed E-state index contributed by atoms with van der Waals surface area (Å²) in [5.41, 5.74) is 15.6. The van der Waals surface area contributed by atoms with Crippen molar-refractivity contribution in [2.75, 3.05) is 27.2 Å². The molecule has 3 aromatic heterocycles. The number of nitrogens with two attached hydrogens (primary N) is 2. The van der Waals surface area contributed by atoms with Gasteiger partial charge in [0.1, 0.15) is 29.6 Å². The summed E-state index contributed by atoms with van der Waals surface area (Å²) in [6, 6.07) is 5.96. The molecule has 0 radical (unpaired) electrons. The molecular formula is C33H47N15O3. The molecule has 8 N–H and O–H groups in total. The predicted molar refractivity (Wildman–Crippen MR) is 196 cm³/mol. The first-order valence-corrected chi connectivity index (χ1v) is 16.8. The average molecular weight is 702 g/mol. The van der Waals surface area contributed by atoms with Crippen molar-refractivity contribution in [3.05, 3.63) is 71.0 Å². The highest BCUT2D eigenvalue weighted by atomic mass is 16.3. The Morgan fingerprint density at radius 1 is 0.686 bits per heavy atom. The Morgan fingerprint density at radius 2 is 1.25 bits per heavy atom. The molecule has 51 heavy (non-hydrogen) atoms. The van der Waals surface area contributed by atoms with Crippen LogP contribution in [-0.4, -0.2) is 96.1 Å². The summed E-state index contributed by atoms with van der Waals surface area (Å²) in [5, 5.41) is 12.9. The number of guanidine groups is 6. The lowest BCUT2D eigenvalue weighted by molar-refractivity contribution is 0.349. The maximum absolute atomic E-state index is 6.43. The summed E-state index contributed by atoms with van der Waals surface area (Å²) in [7, 11) is 3.87. The number of nitrogens with zero attached hydrogens (tertiary/aromatic N) is 9. The molecule has 0 amide bonds. The second-order valence-corrected chi connectivity index (χ2v) is 12.9. The van der Waals surface area contributed by atoms with Crippen molar-refractivity contribution in [3.8, 4) is 0 Å². The van der Waals surface area contributed by atoms with Crippen LogP contribution in [0.25, 0.3) is 0 Å². The van der Waals surface area contributed by atoms with Gasteiger partial charge in [-0.15, -0.1) is 0 Å². The lowest BCUT2D eigenvalue weighted by Gasteiger charge is -2.34. The zero-order chi connectivity index (χ0) is 36.1. The third-order valence-corrected chi connectivity index (χ3v) is 8.08. The van der Waals surface area contributed by atoms with E-state index in [4.69, 9.17) is 39.7 Å². The van der Waals surface area contributed by atoms with Gasteiger partial charge in [0.2, 0.25) is 23.8 Å². The Balaban J connectivity index is 1.21. The van der Waals surface area contributed by atoms with Crippen LogP contribution in [0.5, 0.6) is 0 Å². The number of nitrogens with one attached hydrogen (secondary N) is 4. The number of furan rings is 3. The van der Waals surface area contributed by atoms with Gasteiger partial charge in [0, 0.05) is 63.4 Å². The molecule has 0 saturated heterocycles. The standard InChI is InChI=1S/C33H47N15O3/c1-19-9-23(16-49-19)12-36-30-41-26(39-28(34)43-30)7-8-47(13-24-10-20(2)50-17-24)33-42-27(40-29(35)44-33)15-48(14-25-11-21(3)51-18-25)32-38-22(4)37-31(45-32)46(5)6/h9-11,16-18,22,26-27H,7-8,12-15H2,1-6H3,(H,37,38,45)(H3,35,40,42,44)(H4,34,36,39,41,43). The Bertz CT molecular complexity index is 1860. The molecule has 272 valence electrons. The molecule has 0 fully saturated rings. The summed E-state index contributed by atoms with van der Waals surface area (Å²) < 4.78 is 16.7. The molecule has 6 heterocycles. The van der Waals surface area contributed by atoms with E-state index in [0.717, 1.165) is 34.0 Å². The molecule has 3 unspecified atom stereocenters. The van der Waals surface area contributed by atoms with Gasteiger partial charge in [-0.2, -0.15) is 0 Å². The molecule has 0 spiro atoms. The summed E-state index contributed by atoms with van der Waals surface area (Å²) in [5.74, 6) is 5.48. The average Bonchev–Trinajstić information content (AvgIpc) is 3.81. The second kappa shape index (κ2) is 15.3. The van der Waals surface area contributed by atoms with Crippen LogP contribution in [0.1, 0.15) is 47.3 Å². The van der Waals surface area contributed by atoms with Crippen LogP contribution in [0.15, 0.2) is 80.2 Å². The molecule has 3 aliphatic heterocycles. The van der Waals surface area contributed by atoms with Crippen molar-refractivity contribution < 1.29 is 13.3 Å². The van der Waals surface area contributed by atoms with Gasteiger partial charge in [-0.05, 0) is 45.9 Å². The fraction of sp³-hybridized carbons (Fsp3) is 0.455. The van der Waals surface area contributed by atoms with E-state index in [-0.39, 0.29) is 18.1 Å². The molecule has 6 rings (SSSR count). The second-order valence-electron chi connectivity index (χ2n) is 12.9. The van der Waals surface area contributed by atoms with Crippen LogP contribution >= 0.6 is 0 Å². The molecule has 0 saturated carbocycles. The number of aryl methyl sites for hydroxylation is 3. The minimum Gasteiger partial charge on any atom is -0.469 e. The SMILES string of the molecule is Cc1cc(CNC2=NC(CCN(Cc3coc(C)c3)C3=NC(CN(Cc4coc(C)c4)C4=NC(C)N=C(N(C)C)N4)N=C(N)N3)N=C(N)N2)co1. The summed E-state index contributed by atoms with van der Waals surface area (Å²) in [6.07, 6.45) is 4.47. The summed E-state index contributed by atoms with van der Waals surface area (Å²) >= 11 is 0. The first kappa shape index (κ1) is 34.9. The van der Waals surface area contributed by atoms with Gasteiger partial charge in [-0.25, -0.2) is 30.0 Å². The highest BCUT2D eigenvalue weighted by Crippen LogP contribution is 2.17. The van der Waals surface area contributed by atoms with Crippen LogP contribution in [0.2, 0.25) is 0 Å². The molecular weight excluding hydrogens is 654 g/mol. The van der Waals surface area contributed by atoms with E-state index in [1.54, 1.807) is 18.8 Å². The number of rotatable bonds is 11. The van der Waals surface area contributed by atoms with Gasteiger partial charge in [0.25, 0.3) is 0 Å². The molecule has 3 aromatic rings. The van der Waals surface area contributed by atoms with E-state index in [1.165, 1.54) is 0 Å². The molecule has 0 aromatic carbocycles. The monoisotopic (exact) mass is 701 g/mol.